The molecule has 6 rings (SSSR count). The van der Waals surface area contributed by atoms with Crippen LogP contribution in [0.25, 0.3) is 5.76 Å². The van der Waals surface area contributed by atoms with Crippen LogP contribution in [-0.2, 0) is 27.5 Å². The minimum atomic E-state index is -0.851. The van der Waals surface area contributed by atoms with Crippen molar-refractivity contribution in [3.05, 3.63) is 131 Å². The van der Waals surface area contributed by atoms with Gasteiger partial charge in [0.05, 0.1) is 31.9 Å². The topological polar surface area (TPSA) is 97.8 Å². The van der Waals surface area contributed by atoms with Gasteiger partial charge in [0.2, 0.25) is 0 Å². The fourth-order valence-electron chi connectivity index (χ4n) is 6.07. The van der Waals surface area contributed by atoms with Gasteiger partial charge in [0.15, 0.2) is 11.5 Å². The minimum absolute atomic E-state index is 0.00337. The van der Waals surface area contributed by atoms with Crippen molar-refractivity contribution in [3.63, 3.8) is 0 Å². The minimum Gasteiger partial charge on any atom is -0.507 e. The second-order valence-corrected chi connectivity index (χ2v) is 11.9. The fraction of sp³-hybridized carbons (Fsp3) is 0.282. The van der Waals surface area contributed by atoms with Crippen LogP contribution in [0.3, 0.4) is 0 Å². The number of aliphatic hydroxyl groups is 1. The molecule has 0 saturated carbocycles. The molecular formula is C39H39FN2O7. The van der Waals surface area contributed by atoms with Crippen molar-refractivity contribution in [2.45, 2.75) is 25.7 Å². The zero-order valence-corrected chi connectivity index (χ0v) is 27.3. The van der Waals surface area contributed by atoms with Gasteiger partial charge in [-0.15, -0.1) is 0 Å². The molecule has 0 unspecified atom stereocenters. The molecule has 4 aromatic rings. The summed E-state index contributed by atoms with van der Waals surface area (Å²) in [5.74, 6) is -0.559. The highest BCUT2D eigenvalue weighted by Gasteiger charge is 2.46. The van der Waals surface area contributed by atoms with Gasteiger partial charge < -0.3 is 29.0 Å². The van der Waals surface area contributed by atoms with Crippen LogP contribution in [0.4, 0.5) is 4.39 Å². The van der Waals surface area contributed by atoms with Gasteiger partial charge in [0.25, 0.3) is 11.7 Å². The molecule has 2 aliphatic rings. The van der Waals surface area contributed by atoms with Crippen LogP contribution in [0.2, 0.25) is 0 Å². The van der Waals surface area contributed by atoms with Crippen LogP contribution in [0.5, 0.6) is 17.2 Å². The van der Waals surface area contributed by atoms with Crippen molar-refractivity contribution in [1.29, 1.82) is 0 Å². The van der Waals surface area contributed by atoms with E-state index in [1.165, 1.54) is 24.1 Å². The van der Waals surface area contributed by atoms with Crippen molar-refractivity contribution >= 4 is 17.4 Å². The first-order valence-corrected chi connectivity index (χ1v) is 16.3. The maximum atomic E-state index is 13.7. The van der Waals surface area contributed by atoms with Crippen LogP contribution in [0, 0.1) is 5.82 Å². The van der Waals surface area contributed by atoms with Gasteiger partial charge in [0, 0.05) is 31.7 Å². The van der Waals surface area contributed by atoms with Gasteiger partial charge in [-0.3, -0.25) is 14.5 Å². The Balaban J connectivity index is 1.27. The molecular weight excluding hydrogens is 627 g/mol. The number of aliphatic hydroxyl groups excluding tert-OH is 1. The SMILES string of the molecule is COc1cc([C@@H]2C(=C(O)c3ccc(OCc4ccc(F)cc4)cc3)C(=O)C(=O)N2CCCN2CCOCC2)ccc1OCc1ccccc1. The summed E-state index contributed by atoms with van der Waals surface area (Å²) in [5.41, 5.74) is 2.76. The molecule has 1 atom stereocenters. The maximum Gasteiger partial charge on any atom is 0.295 e. The van der Waals surface area contributed by atoms with E-state index < -0.39 is 17.7 Å². The molecule has 0 aliphatic carbocycles. The van der Waals surface area contributed by atoms with Crippen LogP contribution in [0.1, 0.15) is 34.7 Å². The Kier molecular flexibility index (Phi) is 10.9. The van der Waals surface area contributed by atoms with E-state index >= 15 is 0 Å². The summed E-state index contributed by atoms with van der Waals surface area (Å²) in [6.45, 7) is 4.58. The number of nitrogens with zero attached hydrogens (tertiary/aromatic N) is 2. The third kappa shape index (κ3) is 8.10. The first kappa shape index (κ1) is 33.7. The van der Waals surface area contributed by atoms with E-state index in [0.29, 0.717) is 61.2 Å². The Morgan fingerprint density at radius 2 is 1.53 bits per heavy atom. The van der Waals surface area contributed by atoms with Crippen LogP contribution >= 0.6 is 0 Å². The molecule has 1 N–H and O–H groups in total. The Bertz CT molecular complexity index is 1770. The zero-order chi connectivity index (χ0) is 34.2. The second kappa shape index (κ2) is 15.8. The van der Waals surface area contributed by atoms with Crippen molar-refractivity contribution in [2.75, 3.05) is 46.5 Å². The Morgan fingerprint density at radius 3 is 2.24 bits per heavy atom. The predicted octanol–water partition coefficient (Wildman–Crippen LogP) is 6.14. The molecule has 2 heterocycles. The quantitative estimate of drug-likeness (QED) is 0.103. The first-order chi connectivity index (χ1) is 23.9. The lowest BCUT2D eigenvalue weighted by atomic mass is 9.95. The third-order valence-corrected chi connectivity index (χ3v) is 8.70. The summed E-state index contributed by atoms with van der Waals surface area (Å²) in [6.07, 6.45) is 0.638. The van der Waals surface area contributed by atoms with E-state index in [0.717, 1.165) is 30.8 Å². The lowest BCUT2D eigenvalue weighted by molar-refractivity contribution is -0.140. The Hall–Kier alpha value is -5.19. The number of likely N-dealkylation sites (tertiary alicyclic amines) is 1. The van der Waals surface area contributed by atoms with Crippen LogP contribution < -0.4 is 14.2 Å². The summed E-state index contributed by atoms with van der Waals surface area (Å²) >= 11 is 0. The summed E-state index contributed by atoms with van der Waals surface area (Å²) in [7, 11) is 1.54. The first-order valence-electron chi connectivity index (χ1n) is 16.3. The van der Waals surface area contributed by atoms with Crippen molar-refractivity contribution in [1.82, 2.24) is 9.80 Å². The van der Waals surface area contributed by atoms with E-state index in [-0.39, 0.29) is 23.8 Å². The van der Waals surface area contributed by atoms with Gasteiger partial charge in [-0.1, -0.05) is 48.5 Å². The zero-order valence-electron chi connectivity index (χ0n) is 27.3. The van der Waals surface area contributed by atoms with E-state index in [2.05, 4.69) is 4.90 Å². The number of rotatable bonds is 13. The summed E-state index contributed by atoms with van der Waals surface area (Å²) < 4.78 is 36.3. The molecule has 0 radical (unpaired) electrons. The molecule has 0 bridgehead atoms. The highest BCUT2D eigenvalue weighted by atomic mass is 19.1. The molecule has 0 aromatic heterocycles. The number of carbonyl (C=O) groups is 2. The molecule has 2 saturated heterocycles. The standard InChI is InChI=1S/C39H39FN2O7/c1-46-34-24-30(12-17-33(34)49-26-27-6-3-2-4-7-27)36-35(38(44)39(45)42(36)19-5-18-41-20-22-47-23-21-41)37(43)29-10-15-32(16-11-29)48-25-28-8-13-31(40)14-9-28/h2-4,6-17,24,36,43H,5,18-23,25-26H2,1H3/t36-/m1/s1. The van der Waals surface area contributed by atoms with Gasteiger partial charge in [-0.25, -0.2) is 4.39 Å². The number of ketones is 1. The number of hydrogen-bond acceptors (Lipinski definition) is 8. The van der Waals surface area contributed by atoms with Crippen molar-refractivity contribution in [3.8, 4) is 17.2 Å². The van der Waals surface area contributed by atoms with Crippen molar-refractivity contribution in [2.24, 2.45) is 0 Å². The monoisotopic (exact) mass is 666 g/mol. The van der Waals surface area contributed by atoms with E-state index in [1.54, 1.807) is 54.6 Å². The van der Waals surface area contributed by atoms with Crippen LogP contribution in [-0.4, -0.2) is 73.1 Å². The Morgan fingerprint density at radius 1 is 0.837 bits per heavy atom. The average molecular weight is 667 g/mol. The van der Waals surface area contributed by atoms with E-state index in [1.807, 2.05) is 30.3 Å². The smallest absolute Gasteiger partial charge is 0.295 e. The molecule has 4 aromatic carbocycles. The third-order valence-electron chi connectivity index (χ3n) is 8.70. The summed E-state index contributed by atoms with van der Waals surface area (Å²) in [4.78, 5) is 31.1. The number of morpholine rings is 1. The summed E-state index contributed by atoms with van der Waals surface area (Å²) in [6, 6.07) is 26.9. The number of Topliss-reactive ketones (excluding diaryl/α,β-unsaturated/α-hetero) is 1. The van der Waals surface area contributed by atoms with E-state index in [9.17, 15) is 19.1 Å². The number of amides is 1. The second-order valence-electron chi connectivity index (χ2n) is 11.9. The molecule has 2 fully saturated rings. The van der Waals surface area contributed by atoms with Gasteiger partial charge in [-0.05, 0) is 71.6 Å². The number of methoxy groups -OCH3 is 1. The van der Waals surface area contributed by atoms with Gasteiger partial charge in [-0.2, -0.15) is 0 Å². The summed E-state index contributed by atoms with van der Waals surface area (Å²) in [5, 5.41) is 11.6. The van der Waals surface area contributed by atoms with Crippen molar-refractivity contribution < 1.29 is 38.0 Å². The number of carbonyl (C=O) groups excluding carboxylic acids is 2. The maximum absolute atomic E-state index is 13.7. The highest BCUT2D eigenvalue weighted by molar-refractivity contribution is 6.46. The largest absolute Gasteiger partial charge is 0.507 e. The molecule has 49 heavy (non-hydrogen) atoms. The number of benzene rings is 4. The number of halogens is 1. The molecule has 0 spiro atoms. The Labute approximate surface area is 285 Å². The fourth-order valence-corrected chi connectivity index (χ4v) is 6.07. The molecule has 254 valence electrons. The van der Waals surface area contributed by atoms with Gasteiger partial charge in [0.1, 0.15) is 30.5 Å². The lowest BCUT2D eigenvalue weighted by Gasteiger charge is -2.29. The lowest BCUT2D eigenvalue weighted by Crippen LogP contribution is -2.39. The van der Waals surface area contributed by atoms with E-state index in [4.69, 9.17) is 18.9 Å². The van der Waals surface area contributed by atoms with Crippen LogP contribution in [0.15, 0.2) is 103 Å². The van der Waals surface area contributed by atoms with Gasteiger partial charge >= 0.3 is 0 Å². The highest BCUT2D eigenvalue weighted by Crippen LogP contribution is 2.42. The molecule has 1 amide bonds. The predicted molar refractivity (Wildman–Crippen MR) is 182 cm³/mol. The average Bonchev–Trinajstić information content (AvgIpc) is 3.39. The molecule has 9 nitrogen and oxygen atoms in total. The molecule has 2 aliphatic heterocycles. The normalized spacial score (nSPS) is 17.7. The number of hydrogen-bond donors (Lipinski definition) is 1. The molecule has 10 heteroatoms. The number of ether oxygens (including phenoxy) is 4.